The third-order valence-electron chi connectivity index (χ3n) is 3.34. The molecule has 1 amide bonds. The molecule has 0 saturated heterocycles. The van der Waals surface area contributed by atoms with E-state index in [1.54, 1.807) is 48.5 Å². The lowest BCUT2D eigenvalue weighted by Crippen LogP contribution is -2.33. The maximum absolute atomic E-state index is 12.1. The number of hydrogen-bond donors (Lipinski definition) is 2. The number of hydrogen-bond acceptors (Lipinski definition) is 4. The summed E-state index contributed by atoms with van der Waals surface area (Å²) in [7, 11) is 1.51. The molecule has 6 heteroatoms. The van der Waals surface area contributed by atoms with E-state index < -0.39 is 17.9 Å². The zero-order valence-corrected chi connectivity index (χ0v) is 13.3. The Morgan fingerprint density at radius 1 is 1.04 bits per heavy atom. The number of para-hydroxylation sites is 2. The minimum absolute atomic E-state index is 0.204. The molecule has 2 aromatic rings. The van der Waals surface area contributed by atoms with E-state index >= 15 is 0 Å². The molecule has 24 heavy (non-hydrogen) atoms. The van der Waals surface area contributed by atoms with Gasteiger partial charge in [0.25, 0.3) is 5.91 Å². The zero-order valence-electron chi connectivity index (χ0n) is 13.3. The van der Waals surface area contributed by atoms with Gasteiger partial charge in [0.1, 0.15) is 0 Å². The van der Waals surface area contributed by atoms with E-state index in [0.29, 0.717) is 11.5 Å². The van der Waals surface area contributed by atoms with E-state index in [2.05, 4.69) is 5.32 Å². The fourth-order valence-corrected chi connectivity index (χ4v) is 2.23. The summed E-state index contributed by atoms with van der Waals surface area (Å²) in [5.74, 6) is -0.425. The van der Waals surface area contributed by atoms with Gasteiger partial charge >= 0.3 is 5.97 Å². The summed E-state index contributed by atoms with van der Waals surface area (Å²) in [4.78, 5) is 23.1. The van der Waals surface area contributed by atoms with E-state index in [0.717, 1.165) is 5.56 Å². The molecule has 0 fully saturated rings. The molecule has 6 nitrogen and oxygen atoms in total. The second-order valence-electron chi connectivity index (χ2n) is 5.07. The van der Waals surface area contributed by atoms with Crippen LogP contribution in [0.4, 0.5) is 0 Å². The number of amides is 1. The maximum atomic E-state index is 12.1. The van der Waals surface area contributed by atoms with Gasteiger partial charge in [0.05, 0.1) is 19.6 Å². The molecule has 1 unspecified atom stereocenters. The van der Waals surface area contributed by atoms with Crippen LogP contribution in [-0.4, -0.2) is 30.7 Å². The van der Waals surface area contributed by atoms with Crippen molar-refractivity contribution < 1.29 is 24.2 Å². The fraction of sp³-hybridized carbons (Fsp3) is 0.222. The Hall–Kier alpha value is -3.02. The Morgan fingerprint density at radius 3 is 2.29 bits per heavy atom. The van der Waals surface area contributed by atoms with Crippen LogP contribution in [0.25, 0.3) is 0 Å². The van der Waals surface area contributed by atoms with Gasteiger partial charge in [-0.25, -0.2) is 0 Å². The van der Waals surface area contributed by atoms with Crippen LogP contribution in [0.5, 0.6) is 11.5 Å². The maximum Gasteiger partial charge on any atom is 0.305 e. The molecule has 0 aliphatic carbocycles. The molecule has 0 aliphatic rings. The highest BCUT2D eigenvalue weighted by Gasteiger charge is 2.18. The summed E-state index contributed by atoms with van der Waals surface area (Å²) < 4.78 is 10.6. The minimum atomic E-state index is -0.991. The molecular formula is C18H19NO5. The van der Waals surface area contributed by atoms with Crippen LogP contribution < -0.4 is 14.8 Å². The number of methoxy groups -OCH3 is 1. The fourth-order valence-electron chi connectivity index (χ4n) is 2.23. The van der Waals surface area contributed by atoms with Gasteiger partial charge in [-0.05, 0) is 17.7 Å². The SMILES string of the molecule is COc1ccccc1OCC(=O)NC(CC(=O)O)c1ccccc1. The average Bonchev–Trinajstić information content (AvgIpc) is 2.60. The van der Waals surface area contributed by atoms with Gasteiger partial charge in [-0.1, -0.05) is 42.5 Å². The van der Waals surface area contributed by atoms with Crippen LogP contribution in [-0.2, 0) is 9.59 Å². The van der Waals surface area contributed by atoms with Gasteiger partial charge in [0.15, 0.2) is 18.1 Å². The number of carbonyl (C=O) groups excluding carboxylic acids is 1. The molecule has 2 aromatic carbocycles. The van der Waals surface area contributed by atoms with E-state index in [1.165, 1.54) is 7.11 Å². The van der Waals surface area contributed by atoms with Gasteiger partial charge in [0.2, 0.25) is 0 Å². The number of rotatable bonds is 8. The summed E-state index contributed by atoms with van der Waals surface area (Å²) in [6, 6.07) is 15.3. The summed E-state index contributed by atoms with van der Waals surface area (Å²) in [6.07, 6.45) is -0.204. The van der Waals surface area contributed by atoms with Crippen LogP contribution in [0.15, 0.2) is 54.6 Å². The first-order valence-corrected chi connectivity index (χ1v) is 7.42. The number of benzene rings is 2. The zero-order chi connectivity index (χ0) is 17.4. The van der Waals surface area contributed by atoms with Crippen molar-refractivity contribution in [3.8, 4) is 11.5 Å². The largest absolute Gasteiger partial charge is 0.493 e. The number of aliphatic carboxylic acids is 1. The second-order valence-corrected chi connectivity index (χ2v) is 5.07. The molecule has 1 atom stereocenters. The van der Waals surface area contributed by atoms with Crippen LogP contribution in [0.1, 0.15) is 18.0 Å². The smallest absolute Gasteiger partial charge is 0.305 e. The van der Waals surface area contributed by atoms with Crippen molar-refractivity contribution in [2.45, 2.75) is 12.5 Å². The van der Waals surface area contributed by atoms with Gasteiger partial charge in [0, 0.05) is 0 Å². The van der Waals surface area contributed by atoms with Crippen LogP contribution >= 0.6 is 0 Å². The number of carbonyl (C=O) groups is 2. The van der Waals surface area contributed by atoms with Crippen LogP contribution in [0.3, 0.4) is 0 Å². The van der Waals surface area contributed by atoms with Gasteiger partial charge in [-0.2, -0.15) is 0 Å². The molecule has 2 rings (SSSR count). The van der Waals surface area contributed by atoms with Crippen molar-refractivity contribution >= 4 is 11.9 Å². The molecule has 0 radical (unpaired) electrons. The van der Waals surface area contributed by atoms with Crippen molar-refractivity contribution in [2.24, 2.45) is 0 Å². The predicted molar refractivity (Wildman–Crippen MR) is 88.1 cm³/mol. The standard InChI is InChI=1S/C18H19NO5/c1-23-15-9-5-6-10-16(15)24-12-17(20)19-14(11-18(21)22)13-7-3-2-4-8-13/h2-10,14H,11-12H2,1H3,(H,19,20)(H,21,22). The summed E-state index contributed by atoms with van der Waals surface area (Å²) in [5.41, 5.74) is 0.727. The number of ether oxygens (including phenoxy) is 2. The van der Waals surface area contributed by atoms with E-state index in [1.807, 2.05) is 6.07 Å². The highest BCUT2D eigenvalue weighted by Crippen LogP contribution is 2.25. The second kappa shape index (κ2) is 8.57. The van der Waals surface area contributed by atoms with Crippen molar-refractivity contribution in [1.29, 1.82) is 0 Å². The van der Waals surface area contributed by atoms with Gasteiger partial charge in [-0.15, -0.1) is 0 Å². The quantitative estimate of drug-likeness (QED) is 0.777. The van der Waals surface area contributed by atoms with Crippen LogP contribution in [0.2, 0.25) is 0 Å². The van der Waals surface area contributed by atoms with Crippen molar-refractivity contribution in [2.75, 3.05) is 13.7 Å². The Kier molecular flexibility index (Phi) is 6.19. The number of carboxylic acid groups (broad SMARTS) is 1. The first kappa shape index (κ1) is 17.3. The topological polar surface area (TPSA) is 84.9 Å². The van der Waals surface area contributed by atoms with E-state index in [-0.39, 0.29) is 13.0 Å². The summed E-state index contributed by atoms with van der Waals surface area (Å²) >= 11 is 0. The minimum Gasteiger partial charge on any atom is -0.493 e. The third kappa shape index (κ3) is 5.01. The Labute approximate surface area is 140 Å². The predicted octanol–water partition coefficient (Wildman–Crippen LogP) is 2.41. The van der Waals surface area contributed by atoms with Crippen molar-refractivity contribution in [1.82, 2.24) is 5.32 Å². The molecule has 0 aliphatic heterocycles. The third-order valence-corrected chi connectivity index (χ3v) is 3.34. The highest BCUT2D eigenvalue weighted by molar-refractivity contribution is 5.79. The molecule has 0 bridgehead atoms. The molecular weight excluding hydrogens is 310 g/mol. The average molecular weight is 329 g/mol. The number of carboxylic acids is 1. The van der Waals surface area contributed by atoms with Crippen molar-refractivity contribution in [3.05, 3.63) is 60.2 Å². The van der Waals surface area contributed by atoms with Crippen molar-refractivity contribution in [3.63, 3.8) is 0 Å². The lowest BCUT2D eigenvalue weighted by atomic mass is 10.0. The molecule has 0 aromatic heterocycles. The number of nitrogens with one attached hydrogen (secondary N) is 1. The summed E-state index contributed by atoms with van der Waals surface area (Å²) in [6.45, 7) is -0.233. The first-order chi connectivity index (χ1) is 11.6. The van der Waals surface area contributed by atoms with E-state index in [9.17, 15) is 9.59 Å². The van der Waals surface area contributed by atoms with E-state index in [4.69, 9.17) is 14.6 Å². The molecule has 126 valence electrons. The monoisotopic (exact) mass is 329 g/mol. The lowest BCUT2D eigenvalue weighted by molar-refractivity contribution is -0.137. The highest BCUT2D eigenvalue weighted by atomic mass is 16.5. The Balaban J connectivity index is 1.99. The Bertz CT molecular complexity index is 687. The summed E-state index contributed by atoms with van der Waals surface area (Å²) in [5, 5.41) is 11.7. The van der Waals surface area contributed by atoms with Crippen LogP contribution in [0, 0.1) is 0 Å². The Morgan fingerprint density at radius 2 is 1.67 bits per heavy atom. The van der Waals surface area contributed by atoms with Gasteiger partial charge in [-0.3, -0.25) is 9.59 Å². The lowest BCUT2D eigenvalue weighted by Gasteiger charge is -2.18. The van der Waals surface area contributed by atoms with Gasteiger partial charge < -0.3 is 19.9 Å². The molecule has 0 saturated carbocycles. The first-order valence-electron chi connectivity index (χ1n) is 7.42. The molecule has 2 N–H and O–H groups in total. The normalized spacial score (nSPS) is 11.4. The molecule has 0 spiro atoms. The molecule has 0 heterocycles.